The van der Waals surface area contributed by atoms with E-state index in [1.165, 1.54) is 89.9 Å². The molecule has 0 aliphatic carbocycles. The summed E-state index contributed by atoms with van der Waals surface area (Å²) in [5, 5.41) is 13.8. The molecule has 0 bridgehead atoms. The summed E-state index contributed by atoms with van der Waals surface area (Å²) in [6.07, 6.45) is 63.5. The van der Waals surface area contributed by atoms with E-state index in [1.54, 1.807) is 6.08 Å². The molecule has 9 heteroatoms. The Balaban J connectivity index is 4.35. The number of hydrogen-bond donors (Lipinski definition) is 2. The zero-order valence-corrected chi connectivity index (χ0v) is 42.8. The van der Waals surface area contributed by atoms with E-state index in [1.807, 2.05) is 27.2 Å². The Bertz CT molecular complexity index is 1310. The summed E-state index contributed by atoms with van der Waals surface area (Å²) in [7, 11) is 1.24. The Morgan fingerprint density at radius 2 is 0.953 bits per heavy atom. The zero-order valence-electron chi connectivity index (χ0n) is 42.0. The quantitative estimate of drug-likeness (QED) is 0.0273. The van der Waals surface area contributed by atoms with Gasteiger partial charge in [-0.1, -0.05) is 214 Å². The smallest absolute Gasteiger partial charge is 0.268 e. The molecule has 0 radical (unpaired) electrons. The van der Waals surface area contributed by atoms with Crippen molar-refractivity contribution in [3.63, 3.8) is 0 Å². The van der Waals surface area contributed by atoms with Gasteiger partial charge in [0, 0.05) is 6.42 Å². The van der Waals surface area contributed by atoms with Crippen LogP contribution in [0.4, 0.5) is 0 Å². The van der Waals surface area contributed by atoms with Crippen LogP contribution in [0, 0.1) is 0 Å². The second kappa shape index (κ2) is 45.8. The number of amides is 1. The van der Waals surface area contributed by atoms with Gasteiger partial charge in [-0.25, -0.2) is 0 Å². The maximum atomic E-state index is 12.9. The van der Waals surface area contributed by atoms with Crippen molar-refractivity contribution in [2.75, 3.05) is 40.9 Å². The van der Waals surface area contributed by atoms with Gasteiger partial charge in [-0.3, -0.25) is 9.36 Å². The van der Waals surface area contributed by atoms with Crippen LogP contribution >= 0.6 is 7.82 Å². The van der Waals surface area contributed by atoms with Gasteiger partial charge in [0.05, 0.1) is 39.9 Å². The number of hydrogen-bond acceptors (Lipinski definition) is 6. The molecule has 64 heavy (non-hydrogen) atoms. The summed E-state index contributed by atoms with van der Waals surface area (Å²) in [5.74, 6) is -0.215. The first-order chi connectivity index (χ1) is 31.0. The molecule has 0 spiro atoms. The first-order valence-corrected chi connectivity index (χ1v) is 27.4. The largest absolute Gasteiger partial charge is 0.756 e. The summed E-state index contributed by atoms with van der Waals surface area (Å²) >= 11 is 0. The van der Waals surface area contributed by atoms with Crippen molar-refractivity contribution in [3.05, 3.63) is 85.1 Å². The molecule has 1 amide bonds. The Morgan fingerprint density at radius 1 is 0.562 bits per heavy atom. The van der Waals surface area contributed by atoms with Gasteiger partial charge >= 0.3 is 0 Å². The second-order valence-corrected chi connectivity index (χ2v) is 19.9. The number of carbonyl (C=O) groups is 1. The predicted octanol–water partition coefficient (Wildman–Crippen LogP) is 14.7. The first kappa shape index (κ1) is 61.7. The maximum absolute atomic E-state index is 12.9. The number of quaternary nitrogens is 1. The average molecular weight is 915 g/mol. The average Bonchev–Trinajstić information content (AvgIpc) is 3.25. The van der Waals surface area contributed by atoms with E-state index in [0.717, 1.165) is 96.3 Å². The van der Waals surface area contributed by atoms with Crippen LogP contribution in [-0.2, 0) is 18.4 Å². The molecule has 0 aromatic rings. The third kappa shape index (κ3) is 47.6. The molecule has 0 aliphatic rings. The number of phosphoric acid groups is 1. The first-order valence-electron chi connectivity index (χ1n) is 25.9. The molecule has 0 aliphatic heterocycles. The second-order valence-electron chi connectivity index (χ2n) is 18.5. The van der Waals surface area contributed by atoms with Gasteiger partial charge in [0.15, 0.2) is 0 Å². The number of phosphoric ester groups is 1. The molecule has 0 aromatic carbocycles. The van der Waals surface area contributed by atoms with Crippen molar-refractivity contribution in [2.45, 2.75) is 219 Å². The Hall–Kier alpha value is -2.32. The van der Waals surface area contributed by atoms with E-state index in [2.05, 4.69) is 92.1 Å². The molecule has 0 fully saturated rings. The number of likely N-dealkylation sites (N-methyl/N-ethyl adjacent to an activating group) is 1. The number of nitrogens with zero attached hydrogens (tertiary/aromatic N) is 1. The maximum Gasteiger partial charge on any atom is 0.268 e. The molecule has 0 rings (SSSR count). The number of rotatable bonds is 46. The SMILES string of the molecule is CC/C=C\C/C=C\C/C=C\C/C=C\C/C=C\C/C=C\CCCCCCCCC(=O)NC(COP(=O)([O-])OCC[N+](C)(C)C)C(O)/C=C/CCCCCCCCCCCCCCCCC. The Labute approximate surface area is 395 Å². The number of nitrogens with one attached hydrogen (secondary N) is 1. The summed E-state index contributed by atoms with van der Waals surface area (Å²) in [6.45, 7) is 4.52. The lowest BCUT2D eigenvalue weighted by Gasteiger charge is -2.29. The van der Waals surface area contributed by atoms with Gasteiger partial charge in [-0.2, -0.15) is 0 Å². The van der Waals surface area contributed by atoms with Crippen molar-refractivity contribution >= 4 is 13.7 Å². The molecule has 8 nitrogen and oxygen atoms in total. The summed E-state index contributed by atoms with van der Waals surface area (Å²) in [6, 6.07) is -0.900. The lowest BCUT2D eigenvalue weighted by molar-refractivity contribution is -0.870. The fraction of sp³-hybridized carbons (Fsp3) is 0.727. The molecule has 3 atom stereocenters. The highest BCUT2D eigenvalue weighted by Gasteiger charge is 2.23. The summed E-state index contributed by atoms with van der Waals surface area (Å²) < 4.78 is 23.3. The number of carbonyl (C=O) groups excluding carboxylic acids is 1. The van der Waals surface area contributed by atoms with Crippen molar-refractivity contribution < 1.29 is 32.9 Å². The van der Waals surface area contributed by atoms with Crippen molar-refractivity contribution in [1.82, 2.24) is 5.32 Å². The highest BCUT2D eigenvalue weighted by atomic mass is 31.2. The fourth-order valence-electron chi connectivity index (χ4n) is 7.04. The van der Waals surface area contributed by atoms with E-state index in [0.29, 0.717) is 17.4 Å². The molecular weight excluding hydrogens is 816 g/mol. The van der Waals surface area contributed by atoms with E-state index in [9.17, 15) is 19.4 Å². The van der Waals surface area contributed by atoms with Gasteiger partial charge in [0.1, 0.15) is 13.2 Å². The molecule has 0 saturated heterocycles. The molecule has 2 N–H and O–H groups in total. The van der Waals surface area contributed by atoms with Crippen LogP contribution in [0.15, 0.2) is 85.1 Å². The Morgan fingerprint density at radius 3 is 1.39 bits per heavy atom. The van der Waals surface area contributed by atoms with E-state index in [-0.39, 0.29) is 12.5 Å². The number of unbranched alkanes of at least 4 members (excludes halogenated alkanes) is 21. The van der Waals surface area contributed by atoms with Crippen LogP contribution in [0.1, 0.15) is 206 Å². The minimum atomic E-state index is -4.60. The molecular formula is C55H99N2O6P. The van der Waals surface area contributed by atoms with Gasteiger partial charge in [0.2, 0.25) is 5.91 Å². The van der Waals surface area contributed by atoms with Crippen LogP contribution in [0.25, 0.3) is 0 Å². The fourth-order valence-corrected chi connectivity index (χ4v) is 7.76. The van der Waals surface area contributed by atoms with Crippen LogP contribution in [0.5, 0.6) is 0 Å². The minimum Gasteiger partial charge on any atom is -0.756 e. The van der Waals surface area contributed by atoms with E-state index in [4.69, 9.17) is 9.05 Å². The molecule has 0 heterocycles. The molecule has 0 saturated carbocycles. The molecule has 370 valence electrons. The molecule has 0 aromatic heterocycles. The summed E-state index contributed by atoms with van der Waals surface area (Å²) in [5.41, 5.74) is 0. The zero-order chi connectivity index (χ0) is 47.1. The Kier molecular flexibility index (Phi) is 44.2. The normalized spacial score (nSPS) is 14.8. The monoisotopic (exact) mass is 915 g/mol. The van der Waals surface area contributed by atoms with Crippen LogP contribution < -0.4 is 10.2 Å². The van der Waals surface area contributed by atoms with Crippen molar-refractivity contribution in [2.24, 2.45) is 0 Å². The number of aliphatic hydroxyl groups excluding tert-OH is 1. The van der Waals surface area contributed by atoms with E-state index >= 15 is 0 Å². The highest BCUT2D eigenvalue weighted by Crippen LogP contribution is 2.38. The lowest BCUT2D eigenvalue weighted by Crippen LogP contribution is -2.45. The van der Waals surface area contributed by atoms with Gasteiger partial charge in [0.25, 0.3) is 7.82 Å². The number of aliphatic hydroxyl groups is 1. The summed E-state index contributed by atoms with van der Waals surface area (Å²) in [4.78, 5) is 25.4. The topological polar surface area (TPSA) is 108 Å². The van der Waals surface area contributed by atoms with Crippen molar-refractivity contribution in [1.29, 1.82) is 0 Å². The van der Waals surface area contributed by atoms with Crippen LogP contribution in [0.2, 0.25) is 0 Å². The minimum absolute atomic E-state index is 0.00841. The van der Waals surface area contributed by atoms with Gasteiger partial charge in [-0.05, 0) is 70.6 Å². The lowest BCUT2D eigenvalue weighted by atomic mass is 10.0. The highest BCUT2D eigenvalue weighted by molar-refractivity contribution is 7.45. The van der Waals surface area contributed by atoms with Crippen LogP contribution in [-0.4, -0.2) is 68.5 Å². The third-order valence-corrected chi connectivity index (χ3v) is 12.1. The number of allylic oxidation sites excluding steroid dienone is 13. The van der Waals surface area contributed by atoms with E-state index < -0.39 is 26.6 Å². The van der Waals surface area contributed by atoms with Gasteiger partial charge < -0.3 is 28.8 Å². The van der Waals surface area contributed by atoms with Crippen molar-refractivity contribution in [3.8, 4) is 0 Å². The molecule has 3 unspecified atom stereocenters. The third-order valence-electron chi connectivity index (χ3n) is 11.1. The van der Waals surface area contributed by atoms with Gasteiger partial charge in [-0.15, -0.1) is 0 Å². The predicted molar refractivity (Wildman–Crippen MR) is 274 cm³/mol. The standard InChI is InChI=1S/C55H99N2O6P/c1-6-8-10-12-14-16-18-20-22-24-25-26-27-28-29-30-31-33-35-37-39-41-43-45-47-49-55(59)56-53(52-63-64(60,61)62-51-50-57(3,4)5)54(58)48-46-44-42-40-38-36-34-32-23-21-19-17-15-13-11-9-7-2/h8,10,14,16,20,22,25-26,28-29,31,33,46,48,53-54,58H,6-7,9,11-13,15,17-19,21,23-24,27,30,32,34-45,47,49-52H2,1-5H3,(H-,56,59,60,61)/b10-8-,16-14-,22-20-,26-25-,29-28-,33-31-,48-46+. The van der Waals surface area contributed by atoms with Crippen LogP contribution in [0.3, 0.4) is 0 Å².